The first-order valence-electron chi connectivity index (χ1n) is 16.1. The second kappa shape index (κ2) is 16.4. The van der Waals surface area contributed by atoms with Gasteiger partial charge in [0.25, 0.3) is 0 Å². The molecule has 0 unspecified atom stereocenters. The number of hydrogen-bond acceptors (Lipinski definition) is 2. The summed E-state index contributed by atoms with van der Waals surface area (Å²) in [6.07, 6.45) is 5.84. The molecule has 241 valence electrons. The number of hydrogen-bond donors (Lipinski definition) is 0. The van der Waals surface area contributed by atoms with Gasteiger partial charge in [0.05, 0.1) is 8.07 Å². The smallest absolute Gasteiger partial charge is 0.0795 e. The van der Waals surface area contributed by atoms with Gasteiger partial charge in [0, 0.05) is 40.6 Å². The summed E-state index contributed by atoms with van der Waals surface area (Å²) in [6.45, 7) is 14.3. The number of aromatic nitrogens is 2. The van der Waals surface area contributed by atoms with Crippen LogP contribution in [0.4, 0.5) is 0 Å². The maximum Gasteiger partial charge on any atom is 0.0795 e. The Hall–Kier alpha value is -3.74. The maximum atomic E-state index is 4.77. The molecule has 0 saturated heterocycles. The van der Waals surface area contributed by atoms with E-state index >= 15 is 0 Å². The summed E-state index contributed by atoms with van der Waals surface area (Å²) in [6, 6.07) is 49.1. The molecule has 0 amide bonds. The van der Waals surface area contributed by atoms with Crippen LogP contribution in [0.15, 0.2) is 134 Å². The summed E-state index contributed by atoms with van der Waals surface area (Å²) in [4.78, 5) is 9.19. The van der Waals surface area contributed by atoms with Gasteiger partial charge in [-0.2, -0.15) is 0 Å². The van der Waals surface area contributed by atoms with Gasteiger partial charge in [-0.3, -0.25) is 0 Å². The third kappa shape index (κ3) is 10.4. The van der Waals surface area contributed by atoms with E-state index in [9.17, 15) is 0 Å². The molecule has 0 aliphatic carbocycles. The van der Waals surface area contributed by atoms with Gasteiger partial charge in [-0.05, 0) is 52.2 Å². The molecule has 2 nitrogen and oxygen atoms in total. The molecular formula is C42H44IrN2Si2-2. The van der Waals surface area contributed by atoms with Crippen molar-refractivity contribution in [1.82, 2.24) is 9.97 Å². The van der Waals surface area contributed by atoms with E-state index in [1.807, 2.05) is 36.5 Å². The van der Waals surface area contributed by atoms with Crippen molar-refractivity contribution in [2.45, 2.75) is 52.1 Å². The topological polar surface area (TPSA) is 25.8 Å². The molecule has 6 rings (SSSR count). The van der Waals surface area contributed by atoms with Crippen LogP contribution in [0.3, 0.4) is 0 Å². The largest absolute Gasteiger partial charge is 0.305 e. The molecule has 0 aliphatic rings. The van der Waals surface area contributed by atoms with Gasteiger partial charge in [-0.15, -0.1) is 70.4 Å². The van der Waals surface area contributed by atoms with E-state index in [2.05, 4.69) is 154 Å². The fourth-order valence-electron chi connectivity index (χ4n) is 5.46. The molecule has 47 heavy (non-hydrogen) atoms. The van der Waals surface area contributed by atoms with Gasteiger partial charge in [0.1, 0.15) is 0 Å². The van der Waals surface area contributed by atoms with Crippen molar-refractivity contribution in [2.24, 2.45) is 0 Å². The first kappa shape index (κ1) is 36.1. The minimum absolute atomic E-state index is 0. The van der Waals surface area contributed by atoms with Crippen molar-refractivity contribution < 1.29 is 20.1 Å². The van der Waals surface area contributed by atoms with Crippen molar-refractivity contribution in [3.05, 3.63) is 168 Å². The first-order chi connectivity index (χ1) is 22.1. The van der Waals surface area contributed by atoms with E-state index in [0.29, 0.717) is 0 Å². The molecule has 4 aromatic carbocycles. The molecule has 5 heteroatoms. The number of nitrogens with zero attached hydrogens (tertiary/aromatic N) is 2. The third-order valence-corrected chi connectivity index (χ3v) is 12.2. The molecule has 0 N–H and O–H groups in total. The second-order valence-electron chi connectivity index (χ2n) is 13.9. The Morgan fingerprint density at radius 2 is 1.21 bits per heavy atom. The monoisotopic (exact) mass is 825 g/mol. The average molecular weight is 825 g/mol. The van der Waals surface area contributed by atoms with Gasteiger partial charge < -0.3 is 9.97 Å². The summed E-state index contributed by atoms with van der Waals surface area (Å²) < 4.78 is 0. The van der Waals surface area contributed by atoms with Crippen LogP contribution in [0, 0.1) is 12.1 Å². The SMILES string of the molecule is C[Si](C)(C)c1ccc(-c2[c-]cc([Si](C)(C)C)c(Cc3ccccc3)c2)nc1.[Ir].[c-]1ccccc1-c1cc(Cc2ccccc2)ccn1. The van der Waals surface area contributed by atoms with Crippen molar-refractivity contribution >= 4 is 26.5 Å². The van der Waals surface area contributed by atoms with Crippen LogP contribution < -0.4 is 10.4 Å². The molecule has 0 atom stereocenters. The predicted octanol–water partition coefficient (Wildman–Crippen LogP) is 9.37. The Labute approximate surface area is 297 Å². The van der Waals surface area contributed by atoms with Gasteiger partial charge in [0.2, 0.25) is 0 Å². The van der Waals surface area contributed by atoms with Crippen LogP contribution in [0.25, 0.3) is 22.5 Å². The summed E-state index contributed by atoms with van der Waals surface area (Å²) in [7, 11) is -2.76. The minimum Gasteiger partial charge on any atom is -0.305 e. The first-order valence-corrected chi connectivity index (χ1v) is 23.1. The molecule has 0 saturated carbocycles. The fraction of sp³-hybridized carbons (Fsp3) is 0.190. The number of benzene rings is 4. The van der Waals surface area contributed by atoms with Crippen molar-refractivity contribution in [3.8, 4) is 22.5 Å². The number of pyridine rings is 2. The molecule has 2 heterocycles. The van der Waals surface area contributed by atoms with Crippen LogP contribution in [0.2, 0.25) is 39.3 Å². The molecule has 0 spiro atoms. The van der Waals surface area contributed by atoms with Gasteiger partial charge in [0.15, 0.2) is 0 Å². The molecule has 1 radical (unpaired) electrons. The van der Waals surface area contributed by atoms with E-state index in [1.54, 1.807) is 0 Å². The van der Waals surface area contributed by atoms with Crippen molar-refractivity contribution in [3.63, 3.8) is 0 Å². The number of rotatable bonds is 8. The summed E-state index contributed by atoms with van der Waals surface area (Å²) in [5.41, 5.74) is 9.51. The molecular weight excluding hydrogens is 781 g/mol. The van der Waals surface area contributed by atoms with Crippen LogP contribution in [-0.2, 0) is 32.9 Å². The van der Waals surface area contributed by atoms with Crippen LogP contribution in [-0.4, -0.2) is 26.1 Å². The summed E-state index contributed by atoms with van der Waals surface area (Å²) in [5.74, 6) is 0. The second-order valence-corrected chi connectivity index (χ2v) is 24.0. The zero-order valence-electron chi connectivity index (χ0n) is 28.3. The quantitative estimate of drug-likeness (QED) is 0.113. The predicted molar refractivity (Wildman–Crippen MR) is 201 cm³/mol. The molecule has 0 aliphatic heterocycles. The van der Waals surface area contributed by atoms with Crippen LogP contribution >= 0.6 is 0 Å². The van der Waals surface area contributed by atoms with Crippen molar-refractivity contribution in [1.29, 1.82) is 0 Å². The standard InChI is InChI=1S/C24H30NSi2.C18H14N.Ir/c1-26(2,3)22-13-14-23(25-18-22)20-12-15-24(27(4,5)6)21(17-20)16-19-10-8-7-9-11-19;1-3-7-15(8-4-1)13-16-11-12-19-18(14-16)17-9-5-2-6-10-17;/h7-11,13-15,17-18H,16H2,1-6H3;1-9,11-12,14H,13H2;/q2*-1;. The van der Waals surface area contributed by atoms with Crippen LogP contribution in [0.5, 0.6) is 0 Å². The normalized spacial score (nSPS) is 11.2. The fourth-order valence-corrected chi connectivity index (χ4v) is 8.12. The Morgan fingerprint density at radius 1 is 0.553 bits per heavy atom. The van der Waals surface area contributed by atoms with E-state index in [-0.39, 0.29) is 20.1 Å². The van der Waals surface area contributed by atoms with Gasteiger partial charge >= 0.3 is 0 Å². The van der Waals surface area contributed by atoms with E-state index < -0.39 is 16.1 Å². The Balaban J connectivity index is 0.000000220. The Morgan fingerprint density at radius 3 is 1.79 bits per heavy atom. The Bertz CT molecular complexity index is 1830. The zero-order valence-corrected chi connectivity index (χ0v) is 32.7. The van der Waals surface area contributed by atoms with Gasteiger partial charge in [-0.1, -0.05) is 118 Å². The molecule has 0 fully saturated rings. The zero-order chi connectivity index (χ0) is 32.6. The minimum atomic E-state index is -1.44. The summed E-state index contributed by atoms with van der Waals surface area (Å²) >= 11 is 0. The average Bonchev–Trinajstić information content (AvgIpc) is 3.06. The third-order valence-electron chi connectivity index (χ3n) is 8.05. The molecule has 2 aromatic heterocycles. The van der Waals surface area contributed by atoms with E-state index in [0.717, 1.165) is 35.4 Å². The van der Waals surface area contributed by atoms with E-state index in [1.165, 1.54) is 32.6 Å². The maximum absolute atomic E-state index is 4.77. The molecule has 6 aromatic rings. The Kier molecular flexibility index (Phi) is 12.6. The summed E-state index contributed by atoms with van der Waals surface area (Å²) in [5, 5.41) is 2.89. The molecule has 0 bridgehead atoms. The van der Waals surface area contributed by atoms with Crippen LogP contribution in [0.1, 0.15) is 22.3 Å². The van der Waals surface area contributed by atoms with Gasteiger partial charge in [-0.25, -0.2) is 0 Å². The van der Waals surface area contributed by atoms with Crippen molar-refractivity contribution in [2.75, 3.05) is 0 Å². The van der Waals surface area contributed by atoms with E-state index in [4.69, 9.17) is 4.98 Å².